The van der Waals surface area contributed by atoms with Crippen LogP contribution in [0.5, 0.6) is 0 Å². The molecule has 2 aromatic carbocycles. The van der Waals surface area contributed by atoms with Gasteiger partial charge in [-0.15, -0.1) is 0 Å². The van der Waals surface area contributed by atoms with Crippen LogP contribution in [0.15, 0.2) is 42.5 Å². The molecular weight excluding hydrogens is 528 g/mol. The van der Waals surface area contributed by atoms with E-state index >= 15 is 0 Å². The lowest BCUT2D eigenvalue weighted by Crippen LogP contribution is -2.48. The predicted octanol–water partition coefficient (Wildman–Crippen LogP) is 5.01. The minimum Gasteiger partial charge on any atom is -0.354 e. The van der Waals surface area contributed by atoms with E-state index in [0.717, 1.165) is 23.4 Å². The molecular formula is C25H32Cl2FN3O4S. The van der Waals surface area contributed by atoms with Crippen LogP contribution in [0.2, 0.25) is 10.0 Å². The van der Waals surface area contributed by atoms with Crippen LogP contribution in [0.25, 0.3) is 0 Å². The Morgan fingerprint density at radius 3 is 2.36 bits per heavy atom. The van der Waals surface area contributed by atoms with Crippen molar-refractivity contribution in [1.82, 2.24) is 10.2 Å². The van der Waals surface area contributed by atoms with Gasteiger partial charge in [0.2, 0.25) is 21.8 Å². The second-order valence-corrected chi connectivity index (χ2v) is 11.3. The SMILES string of the molecule is CCCCNC(=O)[C@H](C)N(Cc1ccc(F)cc1)C(=O)CCCN(c1cc(Cl)ccc1Cl)S(C)(=O)=O. The smallest absolute Gasteiger partial charge is 0.242 e. The highest BCUT2D eigenvalue weighted by Crippen LogP contribution is 2.31. The molecule has 0 saturated heterocycles. The van der Waals surface area contributed by atoms with Gasteiger partial charge in [0.05, 0.1) is 17.0 Å². The first-order valence-corrected chi connectivity index (χ1v) is 14.3. The summed E-state index contributed by atoms with van der Waals surface area (Å²) < 4.78 is 39.4. The summed E-state index contributed by atoms with van der Waals surface area (Å²) >= 11 is 12.2. The van der Waals surface area contributed by atoms with Crippen LogP contribution in [0.3, 0.4) is 0 Å². The lowest BCUT2D eigenvalue weighted by atomic mass is 10.1. The van der Waals surface area contributed by atoms with E-state index < -0.39 is 21.9 Å². The molecule has 0 aliphatic carbocycles. The molecule has 7 nitrogen and oxygen atoms in total. The first-order valence-electron chi connectivity index (χ1n) is 11.7. The fourth-order valence-electron chi connectivity index (χ4n) is 3.56. The average molecular weight is 561 g/mol. The second kappa shape index (κ2) is 13.8. The highest BCUT2D eigenvalue weighted by Gasteiger charge is 2.27. The third kappa shape index (κ3) is 8.94. The maximum absolute atomic E-state index is 13.4. The average Bonchev–Trinajstić information content (AvgIpc) is 2.82. The molecule has 0 bridgehead atoms. The largest absolute Gasteiger partial charge is 0.354 e. The molecule has 36 heavy (non-hydrogen) atoms. The van der Waals surface area contributed by atoms with Crippen LogP contribution >= 0.6 is 23.2 Å². The van der Waals surface area contributed by atoms with Gasteiger partial charge in [0.1, 0.15) is 11.9 Å². The van der Waals surface area contributed by atoms with E-state index in [1.54, 1.807) is 25.1 Å². The number of carbonyl (C=O) groups is 2. The van der Waals surface area contributed by atoms with Crippen molar-refractivity contribution in [2.24, 2.45) is 0 Å². The first-order chi connectivity index (χ1) is 16.9. The van der Waals surface area contributed by atoms with E-state index in [1.165, 1.54) is 29.2 Å². The standard InChI is InChI=1S/C25H32Cl2FN3O4S/c1-4-5-14-29-25(33)18(2)30(17-19-8-11-21(28)12-9-19)24(32)7-6-15-31(36(3,34)35)23-16-20(26)10-13-22(23)27/h8-13,16,18H,4-7,14-15,17H2,1-3H3,(H,29,33)/t18-/m0/s1. The van der Waals surface area contributed by atoms with Gasteiger partial charge < -0.3 is 10.2 Å². The molecule has 2 rings (SSSR count). The van der Waals surface area contributed by atoms with Crippen LogP contribution in [0, 0.1) is 5.82 Å². The normalized spacial score (nSPS) is 12.2. The number of sulfonamides is 1. The van der Waals surface area contributed by atoms with E-state index in [1.807, 2.05) is 6.92 Å². The molecule has 198 valence electrons. The van der Waals surface area contributed by atoms with Gasteiger partial charge >= 0.3 is 0 Å². The van der Waals surface area contributed by atoms with Crippen LogP contribution in [0.4, 0.5) is 10.1 Å². The lowest BCUT2D eigenvalue weighted by Gasteiger charge is -2.29. The Kier molecular flexibility index (Phi) is 11.5. The highest BCUT2D eigenvalue weighted by molar-refractivity contribution is 7.92. The minimum atomic E-state index is -3.70. The molecule has 1 N–H and O–H groups in total. The first kappa shape index (κ1) is 29.9. The van der Waals surface area contributed by atoms with E-state index in [9.17, 15) is 22.4 Å². The monoisotopic (exact) mass is 559 g/mol. The summed E-state index contributed by atoms with van der Waals surface area (Å²) in [5, 5.41) is 3.37. The zero-order chi connectivity index (χ0) is 26.9. The van der Waals surface area contributed by atoms with E-state index in [4.69, 9.17) is 23.2 Å². The fraction of sp³-hybridized carbons (Fsp3) is 0.440. The van der Waals surface area contributed by atoms with E-state index in [-0.39, 0.29) is 48.5 Å². The number of halogens is 3. The molecule has 0 saturated carbocycles. The molecule has 2 amide bonds. The number of benzene rings is 2. The van der Waals surface area contributed by atoms with Gasteiger partial charge in [-0.25, -0.2) is 12.8 Å². The van der Waals surface area contributed by atoms with Crippen molar-refractivity contribution in [2.75, 3.05) is 23.7 Å². The Labute approximate surface area is 222 Å². The van der Waals surface area contributed by atoms with Crippen LogP contribution in [0.1, 0.15) is 45.1 Å². The topological polar surface area (TPSA) is 86.8 Å². The van der Waals surface area contributed by atoms with Crippen molar-refractivity contribution < 1.29 is 22.4 Å². The van der Waals surface area contributed by atoms with Gasteiger partial charge in [0, 0.05) is 31.1 Å². The summed E-state index contributed by atoms with van der Waals surface area (Å²) in [5.74, 6) is -1.02. The van der Waals surface area contributed by atoms with Crippen molar-refractivity contribution >= 4 is 50.7 Å². The maximum Gasteiger partial charge on any atom is 0.242 e. The Bertz CT molecular complexity index is 1150. The summed E-state index contributed by atoms with van der Waals surface area (Å²) in [6, 6.07) is 9.45. The van der Waals surface area contributed by atoms with Gasteiger partial charge in [-0.3, -0.25) is 13.9 Å². The van der Waals surface area contributed by atoms with Crippen molar-refractivity contribution in [3.8, 4) is 0 Å². The Balaban J connectivity index is 2.17. The third-order valence-electron chi connectivity index (χ3n) is 5.59. The summed E-state index contributed by atoms with van der Waals surface area (Å²) in [6.07, 6.45) is 2.95. The summed E-state index contributed by atoms with van der Waals surface area (Å²) in [6.45, 7) is 4.25. The van der Waals surface area contributed by atoms with Crippen molar-refractivity contribution in [3.63, 3.8) is 0 Å². The molecule has 0 heterocycles. The molecule has 0 aromatic heterocycles. The quantitative estimate of drug-likeness (QED) is 0.349. The highest BCUT2D eigenvalue weighted by atomic mass is 35.5. The molecule has 0 aliphatic rings. The molecule has 2 aromatic rings. The lowest BCUT2D eigenvalue weighted by molar-refractivity contribution is -0.140. The summed E-state index contributed by atoms with van der Waals surface area (Å²) in [5.41, 5.74) is 0.896. The number of amides is 2. The second-order valence-electron chi connectivity index (χ2n) is 8.50. The van der Waals surface area contributed by atoms with E-state index in [2.05, 4.69) is 5.32 Å². The predicted molar refractivity (Wildman–Crippen MR) is 142 cm³/mol. The van der Waals surface area contributed by atoms with Gasteiger partial charge in [0.25, 0.3) is 0 Å². The maximum atomic E-state index is 13.4. The number of nitrogens with zero attached hydrogens (tertiary/aromatic N) is 2. The van der Waals surface area contributed by atoms with E-state index in [0.29, 0.717) is 17.1 Å². The van der Waals surface area contributed by atoms with Crippen LogP contribution in [-0.4, -0.2) is 50.5 Å². The fourth-order valence-corrected chi connectivity index (χ4v) is 4.97. The van der Waals surface area contributed by atoms with Crippen LogP contribution < -0.4 is 9.62 Å². The number of carbonyl (C=O) groups excluding carboxylic acids is 2. The Morgan fingerprint density at radius 2 is 1.75 bits per heavy atom. The van der Waals surface area contributed by atoms with Gasteiger partial charge in [-0.2, -0.15) is 0 Å². The molecule has 11 heteroatoms. The molecule has 0 spiro atoms. The van der Waals surface area contributed by atoms with Crippen molar-refractivity contribution in [3.05, 3.63) is 63.9 Å². The molecule has 0 unspecified atom stereocenters. The summed E-state index contributed by atoms with van der Waals surface area (Å²) in [4.78, 5) is 27.4. The molecule has 0 aliphatic heterocycles. The molecule has 1 atom stereocenters. The number of nitrogens with one attached hydrogen (secondary N) is 1. The van der Waals surface area contributed by atoms with Gasteiger partial charge in [0.15, 0.2) is 0 Å². The van der Waals surface area contributed by atoms with Crippen molar-refractivity contribution in [1.29, 1.82) is 0 Å². The minimum absolute atomic E-state index is 0.00784. The molecule has 0 fully saturated rings. The van der Waals surface area contributed by atoms with Gasteiger partial charge in [-0.1, -0.05) is 48.7 Å². The number of rotatable bonds is 13. The number of hydrogen-bond acceptors (Lipinski definition) is 4. The van der Waals surface area contributed by atoms with Gasteiger partial charge in [-0.05, 0) is 55.7 Å². The number of anilines is 1. The zero-order valence-corrected chi connectivity index (χ0v) is 23.0. The third-order valence-corrected chi connectivity index (χ3v) is 7.33. The Hall–Kier alpha value is -2.36. The summed E-state index contributed by atoms with van der Waals surface area (Å²) in [7, 11) is -3.70. The van der Waals surface area contributed by atoms with Crippen LogP contribution in [-0.2, 0) is 26.2 Å². The van der Waals surface area contributed by atoms with Crippen molar-refractivity contribution in [2.45, 2.75) is 52.1 Å². The Morgan fingerprint density at radius 1 is 1.08 bits per heavy atom. The zero-order valence-electron chi connectivity index (χ0n) is 20.6. The molecule has 0 radical (unpaired) electrons. The number of hydrogen-bond donors (Lipinski definition) is 1. The number of unbranched alkanes of at least 4 members (excludes halogenated alkanes) is 1.